The van der Waals surface area contributed by atoms with Crippen LogP contribution in [0.5, 0.6) is 0 Å². The number of rotatable bonds is 5. The van der Waals surface area contributed by atoms with E-state index in [0.717, 1.165) is 34.2 Å². The third kappa shape index (κ3) is 4.21. The third-order valence-electron chi connectivity index (χ3n) is 4.62. The Morgan fingerprint density at radius 1 is 0.966 bits per heavy atom. The highest BCUT2D eigenvalue weighted by Crippen LogP contribution is 2.26. The number of amides is 1. The Morgan fingerprint density at radius 2 is 1.76 bits per heavy atom. The summed E-state index contributed by atoms with van der Waals surface area (Å²) in [4.78, 5) is 15.9. The van der Waals surface area contributed by atoms with Crippen LogP contribution >= 0.6 is 0 Å². The number of nitrogens with one attached hydrogen (secondary N) is 1. The van der Waals surface area contributed by atoms with Gasteiger partial charge in [0.2, 0.25) is 5.91 Å². The van der Waals surface area contributed by atoms with Crippen molar-refractivity contribution in [2.45, 2.75) is 20.4 Å². The molecule has 2 aromatic heterocycles. The maximum Gasteiger partial charge on any atom is 0.221 e. The highest BCUT2D eigenvalue weighted by Gasteiger charge is 2.14. The third-order valence-corrected chi connectivity index (χ3v) is 4.62. The van der Waals surface area contributed by atoms with Gasteiger partial charge in [-0.25, -0.2) is 0 Å². The van der Waals surface area contributed by atoms with Crippen molar-refractivity contribution in [2.24, 2.45) is 0 Å². The number of aryl methyl sites for hydroxylation is 1. The summed E-state index contributed by atoms with van der Waals surface area (Å²) in [6.45, 7) is 4.12. The van der Waals surface area contributed by atoms with Crippen molar-refractivity contribution in [3.63, 3.8) is 0 Å². The van der Waals surface area contributed by atoms with Crippen LogP contribution in [0.2, 0.25) is 0 Å². The molecule has 0 aliphatic rings. The van der Waals surface area contributed by atoms with E-state index in [1.165, 1.54) is 12.5 Å². The second-order valence-corrected chi connectivity index (χ2v) is 6.83. The van der Waals surface area contributed by atoms with Gasteiger partial charge in [-0.2, -0.15) is 0 Å². The minimum absolute atomic E-state index is 0.0953. The van der Waals surface area contributed by atoms with E-state index in [2.05, 4.69) is 37.2 Å². The molecule has 0 saturated carbocycles. The number of carbonyl (C=O) groups is 1. The zero-order valence-electron chi connectivity index (χ0n) is 16.3. The molecule has 4 aromatic rings. The van der Waals surface area contributed by atoms with Crippen molar-refractivity contribution >= 4 is 11.6 Å². The molecule has 2 aromatic carbocycles. The standard InChI is InChI=1S/C23H21N5O/c1-16-26-27-23(28(16)15-18-7-4-3-5-8-18)22-14-20(11-12-24-22)19-9-6-10-21(13-19)25-17(2)29/h3-14H,15H2,1-2H3,(H,25,29). The van der Waals surface area contributed by atoms with Gasteiger partial charge in [0.05, 0.1) is 6.54 Å². The smallest absolute Gasteiger partial charge is 0.221 e. The molecule has 0 spiro atoms. The Hall–Kier alpha value is -3.80. The number of pyridine rings is 1. The van der Waals surface area contributed by atoms with Crippen molar-refractivity contribution in [3.8, 4) is 22.6 Å². The molecular weight excluding hydrogens is 362 g/mol. The van der Waals surface area contributed by atoms with Gasteiger partial charge in [-0.3, -0.25) is 9.78 Å². The van der Waals surface area contributed by atoms with Gasteiger partial charge in [0.25, 0.3) is 0 Å². The topological polar surface area (TPSA) is 72.7 Å². The monoisotopic (exact) mass is 383 g/mol. The molecule has 4 rings (SSSR count). The minimum Gasteiger partial charge on any atom is -0.326 e. The number of anilines is 1. The van der Waals surface area contributed by atoms with Crippen molar-refractivity contribution in [2.75, 3.05) is 5.32 Å². The van der Waals surface area contributed by atoms with E-state index in [1.54, 1.807) is 6.20 Å². The molecule has 0 saturated heterocycles. The Bertz CT molecular complexity index is 1150. The molecule has 6 nitrogen and oxygen atoms in total. The van der Waals surface area contributed by atoms with Crippen LogP contribution in [0, 0.1) is 6.92 Å². The molecule has 0 aliphatic heterocycles. The largest absolute Gasteiger partial charge is 0.326 e. The van der Waals surface area contributed by atoms with Crippen molar-refractivity contribution in [3.05, 3.63) is 84.3 Å². The number of benzene rings is 2. The Balaban J connectivity index is 1.69. The molecular formula is C23H21N5O. The number of aromatic nitrogens is 4. The lowest BCUT2D eigenvalue weighted by molar-refractivity contribution is -0.114. The minimum atomic E-state index is -0.0953. The molecule has 0 aliphatic carbocycles. The fraction of sp³-hybridized carbons (Fsp3) is 0.130. The first-order valence-corrected chi connectivity index (χ1v) is 9.38. The predicted octanol–water partition coefficient (Wildman–Crippen LogP) is 4.32. The number of nitrogens with zero attached hydrogens (tertiary/aromatic N) is 4. The average molecular weight is 383 g/mol. The van der Waals surface area contributed by atoms with Gasteiger partial charge in [0.15, 0.2) is 5.82 Å². The maximum atomic E-state index is 11.4. The second kappa shape index (κ2) is 8.06. The summed E-state index contributed by atoms with van der Waals surface area (Å²) in [6.07, 6.45) is 1.77. The number of hydrogen-bond donors (Lipinski definition) is 1. The lowest BCUT2D eigenvalue weighted by Crippen LogP contribution is -2.05. The first-order valence-electron chi connectivity index (χ1n) is 9.38. The molecule has 2 heterocycles. The molecule has 0 radical (unpaired) electrons. The fourth-order valence-corrected chi connectivity index (χ4v) is 3.24. The van der Waals surface area contributed by atoms with E-state index in [4.69, 9.17) is 0 Å². The van der Waals surface area contributed by atoms with Gasteiger partial charge in [0.1, 0.15) is 11.5 Å². The average Bonchev–Trinajstić information content (AvgIpc) is 3.09. The van der Waals surface area contributed by atoms with E-state index in [-0.39, 0.29) is 5.91 Å². The van der Waals surface area contributed by atoms with Crippen molar-refractivity contribution in [1.29, 1.82) is 0 Å². The highest BCUT2D eigenvalue weighted by atomic mass is 16.1. The Morgan fingerprint density at radius 3 is 2.55 bits per heavy atom. The lowest BCUT2D eigenvalue weighted by atomic mass is 10.1. The van der Waals surface area contributed by atoms with Gasteiger partial charge in [-0.05, 0) is 47.9 Å². The Labute approximate surface area is 169 Å². The van der Waals surface area contributed by atoms with Gasteiger partial charge in [-0.15, -0.1) is 10.2 Å². The summed E-state index contributed by atoms with van der Waals surface area (Å²) in [5, 5.41) is 11.5. The molecule has 0 fully saturated rings. The SMILES string of the molecule is CC(=O)Nc1cccc(-c2ccnc(-c3nnc(C)n3Cc3ccccc3)c2)c1. The van der Waals surface area contributed by atoms with E-state index in [9.17, 15) is 4.79 Å². The van der Waals surface area contributed by atoms with Crippen LogP contribution < -0.4 is 5.32 Å². The highest BCUT2D eigenvalue weighted by molar-refractivity contribution is 5.89. The van der Waals surface area contributed by atoms with Gasteiger partial charge in [0, 0.05) is 18.8 Å². The van der Waals surface area contributed by atoms with Gasteiger partial charge in [-0.1, -0.05) is 42.5 Å². The van der Waals surface area contributed by atoms with Crippen LogP contribution in [0.4, 0.5) is 5.69 Å². The molecule has 0 bridgehead atoms. The zero-order valence-corrected chi connectivity index (χ0v) is 16.3. The van der Waals surface area contributed by atoms with E-state index in [1.807, 2.05) is 61.5 Å². The van der Waals surface area contributed by atoms with Crippen LogP contribution in [-0.2, 0) is 11.3 Å². The normalized spacial score (nSPS) is 10.7. The van der Waals surface area contributed by atoms with Crippen LogP contribution in [-0.4, -0.2) is 25.7 Å². The van der Waals surface area contributed by atoms with Gasteiger partial charge >= 0.3 is 0 Å². The second-order valence-electron chi connectivity index (χ2n) is 6.83. The number of hydrogen-bond acceptors (Lipinski definition) is 4. The van der Waals surface area contributed by atoms with Crippen molar-refractivity contribution < 1.29 is 4.79 Å². The van der Waals surface area contributed by atoms with Crippen LogP contribution in [0.25, 0.3) is 22.6 Å². The van der Waals surface area contributed by atoms with Crippen LogP contribution in [0.1, 0.15) is 18.3 Å². The van der Waals surface area contributed by atoms with Crippen LogP contribution in [0.3, 0.4) is 0 Å². The quantitative estimate of drug-likeness (QED) is 0.557. The summed E-state index contributed by atoms with van der Waals surface area (Å²) in [6, 6.07) is 21.9. The van der Waals surface area contributed by atoms with Gasteiger partial charge < -0.3 is 9.88 Å². The molecule has 1 amide bonds. The first-order chi connectivity index (χ1) is 14.1. The molecule has 1 N–H and O–H groups in total. The summed E-state index contributed by atoms with van der Waals surface area (Å²) >= 11 is 0. The Kier molecular flexibility index (Phi) is 5.16. The van der Waals surface area contributed by atoms with E-state index in [0.29, 0.717) is 6.54 Å². The molecule has 144 valence electrons. The van der Waals surface area contributed by atoms with E-state index >= 15 is 0 Å². The summed E-state index contributed by atoms with van der Waals surface area (Å²) in [7, 11) is 0. The summed E-state index contributed by atoms with van der Waals surface area (Å²) < 4.78 is 2.06. The molecule has 29 heavy (non-hydrogen) atoms. The fourth-order valence-electron chi connectivity index (χ4n) is 3.24. The molecule has 0 atom stereocenters. The zero-order chi connectivity index (χ0) is 20.2. The van der Waals surface area contributed by atoms with E-state index < -0.39 is 0 Å². The number of carbonyl (C=O) groups excluding carboxylic acids is 1. The predicted molar refractivity (Wildman–Crippen MR) is 113 cm³/mol. The lowest BCUT2D eigenvalue weighted by Gasteiger charge is -2.10. The maximum absolute atomic E-state index is 11.4. The molecule has 0 unspecified atom stereocenters. The summed E-state index contributed by atoms with van der Waals surface area (Å²) in [5.41, 5.74) is 4.68. The first kappa shape index (κ1) is 18.6. The summed E-state index contributed by atoms with van der Waals surface area (Å²) in [5.74, 6) is 1.47. The molecule has 6 heteroatoms. The van der Waals surface area contributed by atoms with Crippen LogP contribution in [0.15, 0.2) is 72.9 Å². The van der Waals surface area contributed by atoms with Crippen molar-refractivity contribution in [1.82, 2.24) is 19.7 Å².